The van der Waals surface area contributed by atoms with Gasteiger partial charge in [-0.25, -0.2) is 8.78 Å². The lowest BCUT2D eigenvalue weighted by atomic mass is 9.85. The number of aromatic nitrogens is 2. The number of carbonyl (C=O) groups excluding carboxylic acids is 1. The number of hydrogen-bond acceptors (Lipinski definition) is 3. The SMILES string of the molecule is Cc1ccc(-c2cccnc2[C@@H](CC(=O)CC2=CCc3ccc(=O)[nH]c32)Cc2cc(F)cc(F)c2)cc1. The Balaban J connectivity index is 1.47. The monoisotopic (exact) mass is 496 g/mol. The van der Waals surface area contributed by atoms with E-state index in [1.54, 1.807) is 12.3 Å². The van der Waals surface area contributed by atoms with Gasteiger partial charge in [-0.15, -0.1) is 0 Å². The minimum absolute atomic E-state index is 0.0359. The van der Waals surface area contributed by atoms with E-state index in [9.17, 15) is 18.4 Å². The molecule has 1 atom stereocenters. The number of nitrogens with zero attached hydrogens (tertiary/aromatic N) is 1. The number of ketones is 1. The fraction of sp³-hybridized carbons (Fsp3) is 0.194. The largest absolute Gasteiger partial charge is 0.322 e. The van der Waals surface area contributed by atoms with Gasteiger partial charge in [0.25, 0.3) is 0 Å². The Morgan fingerprint density at radius 3 is 2.54 bits per heavy atom. The number of Topliss-reactive ketones (excluding diaryl/α,β-unsaturated/α-hetero) is 1. The zero-order chi connectivity index (χ0) is 25.9. The fourth-order valence-electron chi connectivity index (χ4n) is 5.02. The number of hydrogen-bond donors (Lipinski definition) is 1. The van der Waals surface area contributed by atoms with Gasteiger partial charge in [-0.2, -0.15) is 0 Å². The number of allylic oxidation sites excluding steroid dienone is 2. The molecule has 0 spiro atoms. The summed E-state index contributed by atoms with van der Waals surface area (Å²) in [6.07, 6.45) is 4.86. The van der Waals surface area contributed by atoms with Crippen LogP contribution in [0.5, 0.6) is 0 Å². The van der Waals surface area contributed by atoms with Gasteiger partial charge in [-0.05, 0) is 60.2 Å². The molecule has 186 valence electrons. The zero-order valence-corrected chi connectivity index (χ0v) is 20.4. The Morgan fingerprint density at radius 2 is 1.78 bits per heavy atom. The number of halogens is 2. The minimum Gasteiger partial charge on any atom is -0.322 e. The van der Waals surface area contributed by atoms with Crippen LogP contribution in [0.25, 0.3) is 16.7 Å². The summed E-state index contributed by atoms with van der Waals surface area (Å²) in [5, 5.41) is 0. The molecule has 6 heteroatoms. The van der Waals surface area contributed by atoms with Crippen molar-refractivity contribution in [3.63, 3.8) is 0 Å². The molecule has 4 aromatic rings. The van der Waals surface area contributed by atoms with Crippen LogP contribution in [0.4, 0.5) is 8.78 Å². The van der Waals surface area contributed by atoms with Gasteiger partial charge in [-0.1, -0.05) is 48.0 Å². The molecule has 0 unspecified atom stereocenters. The van der Waals surface area contributed by atoms with Crippen LogP contribution in [0.15, 0.2) is 83.8 Å². The smallest absolute Gasteiger partial charge is 0.248 e. The highest BCUT2D eigenvalue weighted by Gasteiger charge is 2.24. The lowest BCUT2D eigenvalue weighted by Gasteiger charge is -2.20. The number of rotatable bonds is 8. The van der Waals surface area contributed by atoms with Gasteiger partial charge in [0.05, 0.1) is 5.69 Å². The summed E-state index contributed by atoms with van der Waals surface area (Å²) in [5.41, 5.74) is 6.43. The summed E-state index contributed by atoms with van der Waals surface area (Å²) in [6.45, 7) is 2.01. The number of fused-ring (bicyclic) bond motifs is 1. The molecule has 0 fully saturated rings. The molecule has 1 N–H and O–H groups in total. The van der Waals surface area contributed by atoms with Crippen LogP contribution >= 0.6 is 0 Å². The molecule has 5 rings (SSSR count). The summed E-state index contributed by atoms with van der Waals surface area (Å²) in [6, 6.07) is 18.5. The van der Waals surface area contributed by atoms with Crippen molar-refractivity contribution in [3.8, 4) is 11.1 Å². The Kier molecular flexibility index (Phi) is 6.91. The van der Waals surface area contributed by atoms with Crippen LogP contribution in [0, 0.1) is 18.6 Å². The maximum atomic E-state index is 14.0. The van der Waals surface area contributed by atoms with Crippen molar-refractivity contribution < 1.29 is 13.6 Å². The standard InChI is InChI=1S/C31H26F2N2O2/c1-19-4-6-21(7-5-19)28-3-2-12-34-31(28)24(13-20-14-25(32)18-26(33)15-20)17-27(36)16-23-9-8-22-10-11-29(37)35-30(22)23/h2-7,9-12,14-15,18,24H,8,13,16-17H2,1H3,(H,35,37)/t24-/m1/s1. The summed E-state index contributed by atoms with van der Waals surface area (Å²) in [5.74, 6) is -1.75. The summed E-state index contributed by atoms with van der Waals surface area (Å²) in [4.78, 5) is 32.7. The van der Waals surface area contributed by atoms with Crippen molar-refractivity contribution in [2.75, 3.05) is 0 Å². The third kappa shape index (κ3) is 5.64. The van der Waals surface area contributed by atoms with E-state index in [0.29, 0.717) is 23.4 Å². The summed E-state index contributed by atoms with van der Waals surface area (Å²) >= 11 is 0. The fourth-order valence-corrected chi connectivity index (χ4v) is 5.02. The summed E-state index contributed by atoms with van der Waals surface area (Å²) < 4.78 is 28.0. The second-order valence-corrected chi connectivity index (χ2v) is 9.56. The highest BCUT2D eigenvalue weighted by atomic mass is 19.1. The Morgan fingerprint density at radius 1 is 1.03 bits per heavy atom. The van der Waals surface area contributed by atoms with E-state index in [2.05, 4.69) is 9.97 Å². The van der Waals surface area contributed by atoms with Crippen LogP contribution in [-0.4, -0.2) is 15.8 Å². The van der Waals surface area contributed by atoms with Crippen LogP contribution in [0.1, 0.15) is 46.8 Å². The van der Waals surface area contributed by atoms with Crippen molar-refractivity contribution in [3.05, 3.63) is 129 Å². The van der Waals surface area contributed by atoms with E-state index in [-0.39, 0.29) is 30.6 Å². The van der Waals surface area contributed by atoms with Gasteiger partial charge in [0.15, 0.2) is 0 Å². The first kappa shape index (κ1) is 24.5. The van der Waals surface area contributed by atoms with Gasteiger partial charge >= 0.3 is 0 Å². The van der Waals surface area contributed by atoms with Gasteiger partial charge in [-0.3, -0.25) is 14.6 Å². The third-order valence-electron chi connectivity index (χ3n) is 6.75. The normalized spacial score (nSPS) is 13.2. The van der Waals surface area contributed by atoms with Gasteiger partial charge < -0.3 is 4.98 Å². The second-order valence-electron chi connectivity index (χ2n) is 9.56. The summed E-state index contributed by atoms with van der Waals surface area (Å²) in [7, 11) is 0. The highest BCUT2D eigenvalue weighted by molar-refractivity contribution is 5.91. The van der Waals surface area contributed by atoms with Gasteiger partial charge in [0.2, 0.25) is 5.56 Å². The van der Waals surface area contributed by atoms with Gasteiger partial charge in [0.1, 0.15) is 17.4 Å². The molecule has 1 aliphatic rings. The first-order chi connectivity index (χ1) is 17.9. The predicted octanol–water partition coefficient (Wildman–Crippen LogP) is 6.34. The molecule has 0 bridgehead atoms. The van der Waals surface area contributed by atoms with Crippen molar-refractivity contribution in [1.82, 2.24) is 9.97 Å². The Labute approximate surface area is 213 Å². The van der Waals surface area contributed by atoms with E-state index in [1.807, 2.05) is 49.4 Å². The number of carbonyl (C=O) groups is 1. The van der Waals surface area contributed by atoms with Crippen molar-refractivity contribution in [2.45, 2.75) is 38.5 Å². The second kappa shape index (κ2) is 10.4. The molecule has 2 aromatic heterocycles. The van der Waals surface area contributed by atoms with Crippen molar-refractivity contribution >= 4 is 11.4 Å². The molecule has 0 aliphatic heterocycles. The Hall–Kier alpha value is -4.19. The molecule has 4 nitrogen and oxygen atoms in total. The molecule has 2 heterocycles. The number of nitrogens with one attached hydrogen (secondary N) is 1. The highest BCUT2D eigenvalue weighted by Crippen LogP contribution is 2.34. The van der Waals surface area contributed by atoms with Crippen molar-refractivity contribution in [1.29, 1.82) is 0 Å². The van der Waals surface area contributed by atoms with E-state index >= 15 is 0 Å². The lowest BCUT2D eigenvalue weighted by Crippen LogP contribution is -2.14. The average molecular weight is 497 g/mol. The van der Waals surface area contributed by atoms with Crippen LogP contribution in [0.2, 0.25) is 0 Å². The topological polar surface area (TPSA) is 62.8 Å². The number of benzene rings is 2. The lowest BCUT2D eigenvalue weighted by molar-refractivity contribution is -0.118. The van der Waals surface area contributed by atoms with E-state index in [1.165, 1.54) is 18.2 Å². The molecule has 1 aliphatic carbocycles. The number of aryl methyl sites for hydroxylation is 1. The number of pyridine rings is 2. The molecule has 37 heavy (non-hydrogen) atoms. The molecule has 0 saturated carbocycles. The molecule has 0 radical (unpaired) electrons. The maximum Gasteiger partial charge on any atom is 0.248 e. The van der Waals surface area contributed by atoms with E-state index < -0.39 is 17.6 Å². The first-order valence-electron chi connectivity index (χ1n) is 12.3. The minimum atomic E-state index is -0.656. The predicted molar refractivity (Wildman–Crippen MR) is 140 cm³/mol. The van der Waals surface area contributed by atoms with E-state index in [0.717, 1.165) is 33.9 Å². The molecular formula is C31H26F2N2O2. The quantitative estimate of drug-likeness (QED) is 0.310. The average Bonchev–Trinajstić information content (AvgIpc) is 3.25. The zero-order valence-electron chi connectivity index (χ0n) is 20.4. The number of aromatic amines is 1. The molecule has 0 saturated heterocycles. The van der Waals surface area contributed by atoms with E-state index in [4.69, 9.17) is 0 Å². The van der Waals surface area contributed by atoms with Crippen LogP contribution in [0.3, 0.4) is 0 Å². The molecular weight excluding hydrogens is 470 g/mol. The van der Waals surface area contributed by atoms with Crippen LogP contribution < -0.4 is 5.56 Å². The van der Waals surface area contributed by atoms with Crippen molar-refractivity contribution in [2.24, 2.45) is 0 Å². The Bertz CT molecular complexity index is 1530. The van der Waals surface area contributed by atoms with Crippen LogP contribution in [-0.2, 0) is 17.6 Å². The third-order valence-corrected chi connectivity index (χ3v) is 6.75. The number of H-pyrrole nitrogens is 1. The maximum absolute atomic E-state index is 14.0. The molecule has 0 amide bonds. The van der Waals surface area contributed by atoms with Gasteiger partial charge in [0, 0.05) is 48.3 Å². The molecule has 2 aromatic carbocycles. The first-order valence-corrected chi connectivity index (χ1v) is 12.3.